The van der Waals surface area contributed by atoms with Crippen molar-refractivity contribution in [3.63, 3.8) is 0 Å². The van der Waals surface area contributed by atoms with Gasteiger partial charge >= 0.3 is 0 Å². The van der Waals surface area contributed by atoms with Crippen LogP contribution in [0, 0.1) is 0 Å². The Morgan fingerprint density at radius 1 is 1.42 bits per heavy atom. The van der Waals surface area contributed by atoms with E-state index in [2.05, 4.69) is 22.5 Å². The van der Waals surface area contributed by atoms with Crippen LogP contribution in [0.2, 0.25) is 0 Å². The monoisotopic (exact) mass is 366 g/mol. The number of guanidine groups is 1. The number of aliphatic imine (C=N–C) groups is 1. The van der Waals surface area contributed by atoms with Gasteiger partial charge in [-0.25, -0.2) is 0 Å². The largest absolute Gasteiger partial charge is 0.468 e. The molecule has 2 unspecified atom stereocenters. The molecule has 1 saturated heterocycles. The second kappa shape index (κ2) is 11.9. The number of furan rings is 1. The van der Waals surface area contributed by atoms with Crippen LogP contribution >= 0.6 is 0 Å². The van der Waals surface area contributed by atoms with Crippen LogP contribution < -0.4 is 10.6 Å². The first-order valence-electron chi connectivity index (χ1n) is 9.62. The molecular weight excluding hydrogens is 332 g/mol. The van der Waals surface area contributed by atoms with Crippen LogP contribution in [0.15, 0.2) is 27.8 Å². The van der Waals surface area contributed by atoms with E-state index in [1.807, 2.05) is 26.2 Å². The van der Waals surface area contributed by atoms with Crippen LogP contribution in [0.3, 0.4) is 0 Å². The van der Waals surface area contributed by atoms with E-state index >= 15 is 0 Å². The summed E-state index contributed by atoms with van der Waals surface area (Å²) in [6.45, 7) is 6.67. The molecule has 0 amide bonds. The van der Waals surface area contributed by atoms with Gasteiger partial charge in [0.05, 0.1) is 31.6 Å². The quantitative estimate of drug-likeness (QED) is 0.355. The smallest absolute Gasteiger partial charge is 0.191 e. The van der Waals surface area contributed by atoms with Crippen molar-refractivity contribution in [2.45, 2.75) is 38.3 Å². The average molecular weight is 367 g/mol. The lowest BCUT2D eigenvalue weighted by Crippen LogP contribution is -2.38. The van der Waals surface area contributed by atoms with Crippen molar-refractivity contribution < 1.29 is 13.9 Å². The summed E-state index contributed by atoms with van der Waals surface area (Å²) in [6.07, 6.45) is 5.22. The summed E-state index contributed by atoms with van der Waals surface area (Å²) >= 11 is 0. The third kappa shape index (κ3) is 7.35. The van der Waals surface area contributed by atoms with Crippen LogP contribution in [-0.2, 0) is 9.47 Å². The topological polar surface area (TPSA) is 71.3 Å². The number of nitrogens with one attached hydrogen (secondary N) is 2. The zero-order valence-corrected chi connectivity index (χ0v) is 16.4. The summed E-state index contributed by atoms with van der Waals surface area (Å²) in [5.74, 6) is 1.75. The molecule has 0 saturated carbocycles. The van der Waals surface area contributed by atoms with Gasteiger partial charge in [0.1, 0.15) is 5.76 Å². The van der Waals surface area contributed by atoms with Crippen LogP contribution in [0.25, 0.3) is 0 Å². The third-order valence-electron chi connectivity index (χ3n) is 4.35. The summed E-state index contributed by atoms with van der Waals surface area (Å²) in [4.78, 5) is 6.82. The van der Waals surface area contributed by atoms with E-state index < -0.39 is 0 Å². The number of nitrogens with zero attached hydrogens (tertiary/aromatic N) is 2. The minimum atomic E-state index is 0.121. The predicted molar refractivity (Wildman–Crippen MR) is 104 cm³/mol. The van der Waals surface area contributed by atoms with Gasteiger partial charge in [0.25, 0.3) is 0 Å². The van der Waals surface area contributed by atoms with Gasteiger partial charge in [-0.05, 0) is 52.4 Å². The molecule has 1 aliphatic rings. The van der Waals surface area contributed by atoms with Gasteiger partial charge < -0.3 is 24.5 Å². The summed E-state index contributed by atoms with van der Waals surface area (Å²) in [7, 11) is 4.07. The Hall–Kier alpha value is -1.57. The Kier molecular flexibility index (Phi) is 9.52. The number of hydrogen-bond donors (Lipinski definition) is 2. The molecule has 2 N–H and O–H groups in total. The number of rotatable bonds is 11. The number of hydrogen-bond acceptors (Lipinski definition) is 5. The zero-order valence-electron chi connectivity index (χ0n) is 16.4. The van der Waals surface area contributed by atoms with Crippen molar-refractivity contribution in [3.05, 3.63) is 24.2 Å². The third-order valence-corrected chi connectivity index (χ3v) is 4.35. The molecule has 1 aromatic heterocycles. The lowest BCUT2D eigenvalue weighted by Gasteiger charge is -2.21. The molecule has 0 bridgehead atoms. The number of ether oxygens (including phenoxy) is 2. The van der Waals surface area contributed by atoms with E-state index in [1.165, 1.54) is 0 Å². The normalized spacial score (nSPS) is 19.1. The predicted octanol–water partition coefficient (Wildman–Crippen LogP) is 2.02. The standard InChI is InChI=1S/C19H34N4O3/c1-4-20-19(21-10-7-11-24-15-16-8-5-12-25-16)22-14-17(23(2)3)18-9-6-13-26-18/h6,9,13,16-17H,4-5,7-8,10-12,14-15H2,1-3H3,(H2,20,21,22). The molecular formula is C19H34N4O3. The Morgan fingerprint density at radius 3 is 2.96 bits per heavy atom. The SMILES string of the molecule is CCNC(=NCC(c1ccco1)N(C)C)NCCCOCC1CCCO1. The lowest BCUT2D eigenvalue weighted by molar-refractivity contribution is 0.0168. The maximum Gasteiger partial charge on any atom is 0.191 e. The van der Waals surface area contributed by atoms with Gasteiger partial charge in [0.2, 0.25) is 0 Å². The van der Waals surface area contributed by atoms with E-state index in [1.54, 1.807) is 6.26 Å². The molecule has 7 nitrogen and oxygen atoms in total. The molecule has 1 aromatic rings. The molecule has 148 valence electrons. The fourth-order valence-electron chi connectivity index (χ4n) is 2.88. The van der Waals surface area contributed by atoms with Crippen LogP contribution in [0.4, 0.5) is 0 Å². The van der Waals surface area contributed by atoms with Crippen LogP contribution in [0.1, 0.15) is 38.0 Å². The Balaban J connectivity index is 1.69. The van der Waals surface area contributed by atoms with E-state index in [-0.39, 0.29) is 6.04 Å². The lowest BCUT2D eigenvalue weighted by atomic mass is 10.2. The van der Waals surface area contributed by atoms with E-state index in [0.29, 0.717) is 19.3 Å². The fraction of sp³-hybridized carbons (Fsp3) is 0.737. The Morgan fingerprint density at radius 2 is 2.31 bits per heavy atom. The van der Waals surface area contributed by atoms with Crippen molar-refractivity contribution in [3.8, 4) is 0 Å². The van der Waals surface area contributed by atoms with Crippen molar-refractivity contribution in [2.75, 3.05) is 53.6 Å². The summed E-state index contributed by atoms with van der Waals surface area (Å²) in [6, 6.07) is 4.02. The second-order valence-electron chi connectivity index (χ2n) is 6.70. The van der Waals surface area contributed by atoms with Crippen molar-refractivity contribution in [2.24, 2.45) is 4.99 Å². The summed E-state index contributed by atoms with van der Waals surface area (Å²) in [5, 5.41) is 6.65. The van der Waals surface area contributed by atoms with Crippen molar-refractivity contribution in [1.82, 2.24) is 15.5 Å². The maximum atomic E-state index is 5.69. The van der Waals surface area contributed by atoms with Crippen molar-refractivity contribution in [1.29, 1.82) is 0 Å². The number of likely N-dealkylation sites (N-methyl/N-ethyl adjacent to an activating group) is 1. The molecule has 2 rings (SSSR count). The Labute approximate surface area is 157 Å². The molecule has 0 spiro atoms. The molecule has 2 atom stereocenters. The second-order valence-corrected chi connectivity index (χ2v) is 6.70. The molecule has 26 heavy (non-hydrogen) atoms. The van der Waals surface area contributed by atoms with Crippen molar-refractivity contribution >= 4 is 5.96 Å². The minimum Gasteiger partial charge on any atom is -0.468 e. The summed E-state index contributed by atoms with van der Waals surface area (Å²) < 4.78 is 16.8. The first-order chi connectivity index (χ1) is 12.7. The highest BCUT2D eigenvalue weighted by atomic mass is 16.5. The highest BCUT2D eigenvalue weighted by Gasteiger charge is 2.17. The van der Waals surface area contributed by atoms with E-state index in [0.717, 1.165) is 57.3 Å². The van der Waals surface area contributed by atoms with Crippen LogP contribution in [0.5, 0.6) is 0 Å². The van der Waals surface area contributed by atoms with Gasteiger partial charge in [0.15, 0.2) is 5.96 Å². The molecule has 0 aliphatic carbocycles. The minimum absolute atomic E-state index is 0.121. The molecule has 7 heteroatoms. The first kappa shape index (κ1) is 20.7. The average Bonchev–Trinajstić information content (AvgIpc) is 3.31. The molecule has 1 fully saturated rings. The summed E-state index contributed by atoms with van der Waals surface area (Å²) in [5.41, 5.74) is 0. The molecule has 0 radical (unpaired) electrons. The van der Waals surface area contributed by atoms with Gasteiger partial charge in [-0.3, -0.25) is 9.89 Å². The van der Waals surface area contributed by atoms with Crippen LogP contribution in [-0.4, -0.2) is 70.5 Å². The Bertz CT molecular complexity index is 499. The van der Waals surface area contributed by atoms with E-state index in [9.17, 15) is 0 Å². The van der Waals surface area contributed by atoms with Gasteiger partial charge in [-0.2, -0.15) is 0 Å². The highest BCUT2D eigenvalue weighted by Crippen LogP contribution is 2.18. The molecule has 2 heterocycles. The molecule has 1 aliphatic heterocycles. The van der Waals surface area contributed by atoms with Gasteiger partial charge in [0, 0.05) is 26.3 Å². The fourth-order valence-corrected chi connectivity index (χ4v) is 2.88. The maximum absolute atomic E-state index is 5.69. The zero-order chi connectivity index (χ0) is 18.6. The van der Waals surface area contributed by atoms with E-state index in [4.69, 9.17) is 18.9 Å². The van der Waals surface area contributed by atoms with Gasteiger partial charge in [-0.15, -0.1) is 0 Å². The molecule has 0 aromatic carbocycles. The highest BCUT2D eigenvalue weighted by molar-refractivity contribution is 5.79. The first-order valence-corrected chi connectivity index (χ1v) is 9.62. The van der Waals surface area contributed by atoms with Gasteiger partial charge in [-0.1, -0.05) is 0 Å².